The predicted molar refractivity (Wildman–Crippen MR) is 95.2 cm³/mol. The molecule has 0 N–H and O–H groups in total. The summed E-state index contributed by atoms with van der Waals surface area (Å²) >= 11 is 0. The van der Waals surface area contributed by atoms with Crippen LogP contribution in [0.3, 0.4) is 0 Å². The lowest BCUT2D eigenvalue weighted by Crippen LogP contribution is -2.50. The van der Waals surface area contributed by atoms with E-state index in [9.17, 15) is 9.59 Å². The molecule has 25 heavy (non-hydrogen) atoms. The number of likely N-dealkylation sites (N-methyl/N-ethyl adjacent to an activating group) is 1. The molecule has 0 saturated carbocycles. The number of benzene rings is 1. The average molecular weight is 345 g/mol. The van der Waals surface area contributed by atoms with Gasteiger partial charge < -0.3 is 19.4 Å². The van der Waals surface area contributed by atoms with Gasteiger partial charge >= 0.3 is 0 Å². The van der Waals surface area contributed by atoms with E-state index in [0.29, 0.717) is 13.1 Å². The summed E-state index contributed by atoms with van der Waals surface area (Å²) in [6, 6.07) is 10.1. The Balaban J connectivity index is 1.78. The highest BCUT2D eigenvalue weighted by Gasteiger charge is 2.42. The van der Waals surface area contributed by atoms with Crippen molar-refractivity contribution in [3.05, 3.63) is 35.9 Å². The lowest BCUT2D eigenvalue weighted by molar-refractivity contribution is -0.138. The van der Waals surface area contributed by atoms with Gasteiger partial charge in [-0.15, -0.1) is 0 Å². The lowest BCUT2D eigenvalue weighted by atomic mass is 9.88. The monoisotopic (exact) mass is 345 g/mol. The zero-order chi connectivity index (χ0) is 17.8. The largest absolute Gasteiger partial charge is 0.375 e. The maximum absolute atomic E-state index is 13.2. The maximum atomic E-state index is 13.2. The molecule has 0 unspecified atom stereocenters. The zero-order valence-electron chi connectivity index (χ0n) is 15.1. The molecule has 2 aliphatic rings. The molecule has 2 aliphatic heterocycles. The first kappa shape index (κ1) is 17.9. The number of methoxy groups -OCH3 is 1. The van der Waals surface area contributed by atoms with Crippen molar-refractivity contribution >= 4 is 11.8 Å². The van der Waals surface area contributed by atoms with E-state index in [4.69, 9.17) is 4.74 Å². The topological polar surface area (TPSA) is 53.1 Å². The maximum Gasteiger partial charge on any atom is 0.248 e. The molecule has 1 aromatic carbocycles. The van der Waals surface area contributed by atoms with Crippen molar-refractivity contribution < 1.29 is 14.3 Å². The number of amides is 2. The first-order valence-corrected chi connectivity index (χ1v) is 8.89. The van der Waals surface area contributed by atoms with Gasteiger partial charge in [0.15, 0.2) is 0 Å². The van der Waals surface area contributed by atoms with Crippen LogP contribution in [0.15, 0.2) is 30.3 Å². The highest BCUT2D eigenvalue weighted by atomic mass is 16.5. The lowest BCUT2D eigenvalue weighted by Gasteiger charge is -2.35. The van der Waals surface area contributed by atoms with Gasteiger partial charge in [-0.05, 0) is 12.6 Å². The number of rotatable bonds is 4. The first-order chi connectivity index (χ1) is 12.1. The molecule has 2 heterocycles. The molecule has 0 spiro atoms. The molecular formula is C19H27N3O3. The Morgan fingerprint density at radius 2 is 1.72 bits per heavy atom. The van der Waals surface area contributed by atoms with Gasteiger partial charge in [0.1, 0.15) is 6.61 Å². The zero-order valence-corrected chi connectivity index (χ0v) is 15.1. The van der Waals surface area contributed by atoms with Gasteiger partial charge in [-0.1, -0.05) is 30.3 Å². The fourth-order valence-electron chi connectivity index (χ4n) is 3.77. The predicted octanol–water partition coefficient (Wildman–Crippen LogP) is 0.649. The van der Waals surface area contributed by atoms with Crippen LogP contribution in [-0.4, -0.2) is 86.5 Å². The fraction of sp³-hybridized carbons (Fsp3) is 0.579. The van der Waals surface area contributed by atoms with Crippen molar-refractivity contribution in [1.82, 2.24) is 14.7 Å². The molecule has 2 fully saturated rings. The number of nitrogens with zero attached hydrogens (tertiary/aromatic N) is 3. The average Bonchev–Trinajstić information content (AvgIpc) is 3.08. The standard InChI is InChI=1S/C19H27N3O3/c1-20-8-10-21(11-9-20)19(24)17-13-22(18(23)14-25-2)12-16(17)15-6-4-3-5-7-15/h3-7,16-17H,8-14H2,1-2H3/t16-,17-/m0/s1. The van der Waals surface area contributed by atoms with E-state index in [1.54, 1.807) is 4.90 Å². The van der Waals surface area contributed by atoms with Crippen molar-refractivity contribution in [2.45, 2.75) is 5.92 Å². The van der Waals surface area contributed by atoms with Crippen LogP contribution in [0.25, 0.3) is 0 Å². The summed E-state index contributed by atoms with van der Waals surface area (Å²) in [5, 5.41) is 0. The number of carbonyl (C=O) groups excluding carboxylic acids is 2. The Bertz CT molecular complexity index is 599. The molecule has 1 aromatic rings. The minimum Gasteiger partial charge on any atom is -0.375 e. The number of hydrogen-bond donors (Lipinski definition) is 0. The second kappa shape index (κ2) is 7.97. The Labute approximate surface area is 149 Å². The normalized spacial score (nSPS) is 24.6. The number of likely N-dealkylation sites (tertiary alicyclic amines) is 1. The Kier molecular flexibility index (Phi) is 5.71. The number of piperazine rings is 1. The summed E-state index contributed by atoms with van der Waals surface area (Å²) in [7, 11) is 3.60. The van der Waals surface area contributed by atoms with E-state index in [1.165, 1.54) is 7.11 Å². The third kappa shape index (κ3) is 4.02. The number of ether oxygens (including phenoxy) is 1. The molecule has 2 amide bonds. The molecule has 6 nitrogen and oxygen atoms in total. The molecule has 0 aliphatic carbocycles. The van der Waals surface area contributed by atoms with E-state index in [-0.39, 0.29) is 30.3 Å². The molecule has 2 atom stereocenters. The van der Waals surface area contributed by atoms with Gasteiger partial charge in [-0.2, -0.15) is 0 Å². The fourth-order valence-corrected chi connectivity index (χ4v) is 3.77. The van der Waals surface area contributed by atoms with Gasteiger partial charge in [0.25, 0.3) is 0 Å². The highest BCUT2D eigenvalue weighted by molar-refractivity contribution is 5.84. The Hall–Kier alpha value is -1.92. The summed E-state index contributed by atoms with van der Waals surface area (Å²) < 4.78 is 4.99. The second-order valence-electron chi connectivity index (χ2n) is 6.98. The molecule has 3 rings (SSSR count). The third-order valence-electron chi connectivity index (χ3n) is 5.30. The smallest absolute Gasteiger partial charge is 0.248 e. The van der Waals surface area contributed by atoms with Gasteiger partial charge in [-0.3, -0.25) is 9.59 Å². The Morgan fingerprint density at radius 3 is 2.36 bits per heavy atom. The minimum absolute atomic E-state index is 0.0443. The summed E-state index contributed by atoms with van der Waals surface area (Å²) in [5.41, 5.74) is 1.13. The molecule has 6 heteroatoms. The van der Waals surface area contributed by atoms with Crippen molar-refractivity contribution in [3.8, 4) is 0 Å². The van der Waals surface area contributed by atoms with E-state index in [1.807, 2.05) is 23.1 Å². The van der Waals surface area contributed by atoms with Crippen LogP contribution in [0, 0.1) is 5.92 Å². The Morgan fingerprint density at radius 1 is 1.04 bits per heavy atom. The van der Waals surface area contributed by atoms with Crippen LogP contribution in [0.4, 0.5) is 0 Å². The van der Waals surface area contributed by atoms with Crippen LogP contribution in [0.1, 0.15) is 11.5 Å². The van der Waals surface area contributed by atoms with Gasteiger partial charge in [0.05, 0.1) is 5.92 Å². The van der Waals surface area contributed by atoms with E-state index >= 15 is 0 Å². The van der Waals surface area contributed by atoms with Crippen LogP contribution in [0.2, 0.25) is 0 Å². The van der Waals surface area contributed by atoms with Gasteiger partial charge in [0, 0.05) is 52.3 Å². The quantitative estimate of drug-likeness (QED) is 0.804. The number of hydrogen-bond acceptors (Lipinski definition) is 4. The van der Waals surface area contributed by atoms with Crippen LogP contribution in [0.5, 0.6) is 0 Å². The van der Waals surface area contributed by atoms with Crippen molar-refractivity contribution in [2.75, 3.05) is 60.0 Å². The molecule has 136 valence electrons. The van der Waals surface area contributed by atoms with Crippen LogP contribution in [-0.2, 0) is 14.3 Å². The molecule has 0 bridgehead atoms. The van der Waals surface area contributed by atoms with Crippen molar-refractivity contribution in [3.63, 3.8) is 0 Å². The summed E-state index contributed by atoms with van der Waals surface area (Å²) in [5.74, 6) is 0.00699. The van der Waals surface area contributed by atoms with Gasteiger partial charge in [-0.25, -0.2) is 0 Å². The van der Waals surface area contributed by atoms with Crippen LogP contribution >= 0.6 is 0 Å². The minimum atomic E-state index is -0.174. The van der Waals surface area contributed by atoms with E-state index in [0.717, 1.165) is 31.7 Å². The third-order valence-corrected chi connectivity index (χ3v) is 5.30. The van der Waals surface area contributed by atoms with E-state index in [2.05, 4.69) is 24.1 Å². The SMILES string of the molecule is COCC(=O)N1C[C@H](C(=O)N2CCN(C)CC2)[C@H](c2ccccc2)C1. The van der Waals surface area contributed by atoms with Crippen molar-refractivity contribution in [1.29, 1.82) is 0 Å². The summed E-state index contributed by atoms with van der Waals surface area (Å²) in [6.45, 7) is 4.46. The first-order valence-electron chi connectivity index (χ1n) is 8.89. The van der Waals surface area contributed by atoms with Gasteiger partial charge in [0.2, 0.25) is 11.8 Å². The number of carbonyl (C=O) groups is 2. The molecular weight excluding hydrogens is 318 g/mol. The summed E-state index contributed by atoms with van der Waals surface area (Å²) in [6.07, 6.45) is 0. The van der Waals surface area contributed by atoms with Crippen LogP contribution < -0.4 is 0 Å². The van der Waals surface area contributed by atoms with E-state index < -0.39 is 0 Å². The molecule has 0 aromatic heterocycles. The second-order valence-corrected chi connectivity index (χ2v) is 6.98. The molecule has 0 radical (unpaired) electrons. The summed E-state index contributed by atoms with van der Waals surface area (Å²) in [4.78, 5) is 31.4. The molecule has 2 saturated heterocycles. The highest BCUT2D eigenvalue weighted by Crippen LogP contribution is 2.34. The van der Waals surface area contributed by atoms with Crippen molar-refractivity contribution in [2.24, 2.45) is 5.92 Å².